The molecule has 0 aliphatic carbocycles. The summed E-state index contributed by atoms with van der Waals surface area (Å²) in [5, 5.41) is 11.8. The Labute approximate surface area is 149 Å². The predicted octanol–water partition coefficient (Wildman–Crippen LogP) is 2.59. The lowest BCUT2D eigenvalue weighted by molar-refractivity contribution is 0.240. The van der Waals surface area contributed by atoms with Crippen molar-refractivity contribution in [2.75, 3.05) is 0 Å². The van der Waals surface area contributed by atoms with Crippen molar-refractivity contribution >= 4 is 28.4 Å². The second kappa shape index (κ2) is 7.36. The van der Waals surface area contributed by atoms with Crippen molar-refractivity contribution in [2.24, 2.45) is 7.05 Å². The van der Waals surface area contributed by atoms with Gasteiger partial charge in [0.25, 0.3) is 5.56 Å². The van der Waals surface area contributed by atoms with Crippen LogP contribution in [-0.4, -0.2) is 15.8 Å². The Hall–Kier alpha value is -2.86. The molecule has 7 heteroatoms. The lowest BCUT2D eigenvalue weighted by Crippen LogP contribution is -2.35. The van der Waals surface area contributed by atoms with Gasteiger partial charge in [-0.1, -0.05) is 41.9 Å². The minimum Gasteiger partial charge on any atom is -0.334 e. The molecule has 2 N–H and O–H groups in total. The van der Waals surface area contributed by atoms with Crippen LogP contribution < -0.4 is 16.2 Å². The fraction of sp³-hybridized carbons (Fsp3) is 0.167. The highest BCUT2D eigenvalue weighted by molar-refractivity contribution is 6.30. The van der Waals surface area contributed by atoms with Crippen molar-refractivity contribution in [2.45, 2.75) is 13.1 Å². The van der Waals surface area contributed by atoms with Gasteiger partial charge in [-0.25, -0.2) is 9.48 Å². The second-order valence-electron chi connectivity index (χ2n) is 5.58. The maximum absolute atomic E-state index is 12.1. The van der Waals surface area contributed by atoms with Crippen LogP contribution in [0.4, 0.5) is 4.79 Å². The van der Waals surface area contributed by atoms with Gasteiger partial charge in [0.1, 0.15) is 0 Å². The third kappa shape index (κ3) is 3.97. The van der Waals surface area contributed by atoms with E-state index in [1.165, 1.54) is 4.68 Å². The van der Waals surface area contributed by atoms with Crippen molar-refractivity contribution in [3.05, 3.63) is 75.2 Å². The standard InChI is InChI=1S/C18H17ClN4O2/c1-23-17(24)15-5-3-2-4-14(15)16(22-23)11-21-18(25)20-10-12-6-8-13(19)9-7-12/h2-9H,10-11H2,1H3,(H2,20,21,25). The number of hydrogen-bond acceptors (Lipinski definition) is 3. The number of hydrogen-bond donors (Lipinski definition) is 2. The molecule has 128 valence electrons. The Bertz CT molecular complexity index is 967. The number of aromatic nitrogens is 2. The molecular weight excluding hydrogens is 340 g/mol. The highest BCUT2D eigenvalue weighted by atomic mass is 35.5. The number of urea groups is 1. The van der Waals surface area contributed by atoms with Crippen molar-refractivity contribution < 1.29 is 4.79 Å². The summed E-state index contributed by atoms with van der Waals surface area (Å²) in [6, 6.07) is 14.2. The van der Waals surface area contributed by atoms with Crippen LogP contribution in [0.5, 0.6) is 0 Å². The molecule has 0 saturated carbocycles. The summed E-state index contributed by atoms with van der Waals surface area (Å²) in [5.41, 5.74) is 1.43. The number of carbonyl (C=O) groups excluding carboxylic acids is 1. The zero-order valence-electron chi connectivity index (χ0n) is 13.6. The highest BCUT2D eigenvalue weighted by Gasteiger charge is 2.09. The summed E-state index contributed by atoms with van der Waals surface area (Å²) >= 11 is 5.83. The molecule has 0 atom stereocenters. The van der Waals surface area contributed by atoms with E-state index in [-0.39, 0.29) is 18.1 Å². The number of nitrogens with one attached hydrogen (secondary N) is 2. The summed E-state index contributed by atoms with van der Waals surface area (Å²) in [6.07, 6.45) is 0. The number of fused-ring (bicyclic) bond motifs is 1. The first-order chi connectivity index (χ1) is 12.0. The molecule has 0 bridgehead atoms. The van der Waals surface area contributed by atoms with Crippen LogP contribution >= 0.6 is 11.6 Å². The van der Waals surface area contributed by atoms with E-state index in [0.29, 0.717) is 22.6 Å². The monoisotopic (exact) mass is 356 g/mol. The molecular formula is C18H17ClN4O2. The first-order valence-corrected chi connectivity index (χ1v) is 8.13. The van der Waals surface area contributed by atoms with Crippen LogP contribution in [0.2, 0.25) is 5.02 Å². The summed E-state index contributed by atoms with van der Waals surface area (Å²) in [6.45, 7) is 0.617. The molecule has 1 aromatic heterocycles. The topological polar surface area (TPSA) is 76.0 Å². The van der Waals surface area contributed by atoms with Gasteiger partial charge in [0, 0.05) is 24.0 Å². The molecule has 2 aromatic carbocycles. The summed E-state index contributed by atoms with van der Waals surface area (Å²) < 4.78 is 1.28. The quantitative estimate of drug-likeness (QED) is 0.754. The van der Waals surface area contributed by atoms with E-state index in [1.807, 2.05) is 24.3 Å². The van der Waals surface area contributed by atoms with E-state index in [1.54, 1.807) is 31.3 Å². The molecule has 0 fully saturated rings. The van der Waals surface area contributed by atoms with Gasteiger partial charge >= 0.3 is 6.03 Å². The van der Waals surface area contributed by atoms with Gasteiger partial charge in [0.05, 0.1) is 17.6 Å². The predicted molar refractivity (Wildman–Crippen MR) is 97.5 cm³/mol. The van der Waals surface area contributed by atoms with Gasteiger partial charge < -0.3 is 10.6 Å². The molecule has 0 saturated heterocycles. The molecule has 3 aromatic rings. The van der Waals surface area contributed by atoms with Crippen molar-refractivity contribution in [1.29, 1.82) is 0 Å². The molecule has 1 heterocycles. The molecule has 25 heavy (non-hydrogen) atoms. The number of carbonyl (C=O) groups is 1. The van der Waals surface area contributed by atoms with Gasteiger partial charge in [-0.2, -0.15) is 5.10 Å². The summed E-state index contributed by atoms with van der Waals surface area (Å²) in [5.74, 6) is 0. The minimum absolute atomic E-state index is 0.161. The second-order valence-corrected chi connectivity index (χ2v) is 6.02. The number of halogens is 1. The summed E-state index contributed by atoms with van der Waals surface area (Å²) in [7, 11) is 1.60. The lowest BCUT2D eigenvalue weighted by atomic mass is 10.1. The van der Waals surface area contributed by atoms with E-state index in [2.05, 4.69) is 15.7 Å². The molecule has 0 radical (unpaired) electrons. The van der Waals surface area contributed by atoms with E-state index in [4.69, 9.17) is 11.6 Å². The fourth-order valence-corrected chi connectivity index (χ4v) is 2.64. The average molecular weight is 357 g/mol. The molecule has 0 spiro atoms. The van der Waals surface area contributed by atoms with Gasteiger partial charge in [0.15, 0.2) is 0 Å². The molecule has 2 amide bonds. The number of aryl methyl sites for hydroxylation is 1. The van der Waals surface area contributed by atoms with Crippen molar-refractivity contribution in [3.63, 3.8) is 0 Å². The Morgan fingerprint density at radius 1 is 1.04 bits per heavy atom. The first kappa shape index (κ1) is 17.0. The third-order valence-corrected chi connectivity index (χ3v) is 4.07. The van der Waals surface area contributed by atoms with Gasteiger partial charge in [-0.15, -0.1) is 0 Å². The van der Waals surface area contributed by atoms with Crippen molar-refractivity contribution in [1.82, 2.24) is 20.4 Å². The SMILES string of the molecule is Cn1nc(CNC(=O)NCc2ccc(Cl)cc2)c2ccccc2c1=O. The van der Waals surface area contributed by atoms with E-state index in [9.17, 15) is 9.59 Å². The third-order valence-electron chi connectivity index (χ3n) is 3.82. The lowest BCUT2D eigenvalue weighted by Gasteiger charge is -2.10. The highest BCUT2D eigenvalue weighted by Crippen LogP contribution is 2.12. The van der Waals surface area contributed by atoms with Crippen molar-refractivity contribution in [3.8, 4) is 0 Å². The fourth-order valence-electron chi connectivity index (χ4n) is 2.52. The number of rotatable bonds is 4. The molecule has 0 aliphatic rings. The van der Waals surface area contributed by atoms with E-state index in [0.717, 1.165) is 10.9 Å². The van der Waals surface area contributed by atoms with Crippen LogP contribution in [-0.2, 0) is 20.1 Å². The average Bonchev–Trinajstić information content (AvgIpc) is 2.63. The Morgan fingerprint density at radius 2 is 1.68 bits per heavy atom. The zero-order valence-corrected chi connectivity index (χ0v) is 14.4. The normalized spacial score (nSPS) is 10.6. The molecule has 6 nitrogen and oxygen atoms in total. The maximum atomic E-state index is 12.1. The maximum Gasteiger partial charge on any atom is 0.315 e. The smallest absolute Gasteiger partial charge is 0.315 e. The van der Waals surface area contributed by atoms with Crippen LogP contribution in [0, 0.1) is 0 Å². The molecule has 3 rings (SSSR count). The molecule has 0 unspecified atom stereocenters. The largest absolute Gasteiger partial charge is 0.334 e. The Balaban J connectivity index is 1.66. The Kier molecular flexibility index (Phi) is 5.00. The molecule has 0 aliphatic heterocycles. The van der Waals surface area contributed by atoms with Gasteiger partial charge in [0.2, 0.25) is 0 Å². The van der Waals surface area contributed by atoms with Crippen LogP contribution in [0.1, 0.15) is 11.3 Å². The van der Waals surface area contributed by atoms with Gasteiger partial charge in [-0.05, 0) is 23.8 Å². The first-order valence-electron chi connectivity index (χ1n) is 7.75. The van der Waals surface area contributed by atoms with E-state index >= 15 is 0 Å². The number of amides is 2. The summed E-state index contributed by atoms with van der Waals surface area (Å²) in [4.78, 5) is 24.1. The number of benzene rings is 2. The van der Waals surface area contributed by atoms with Gasteiger partial charge in [-0.3, -0.25) is 4.79 Å². The van der Waals surface area contributed by atoms with E-state index < -0.39 is 0 Å². The number of nitrogens with zero attached hydrogens (tertiary/aromatic N) is 2. The van der Waals surface area contributed by atoms with Crippen LogP contribution in [0.25, 0.3) is 10.8 Å². The van der Waals surface area contributed by atoms with Crippen LogP contribution in [0.3, 0.4) is 0 Å². The van der Waals surface area contributed by atoms with Crippen LogP contribution in [0.15, 0.2) is 53.3 Å². The minimum atomic E-state index is -0.310. The zero-order chi connectivity index (χ0) is 17.8. The Morgan fingerprint density at radius 3 is 2.40 bits per heavy atom.